The maximum absolute atomic E-state index is 12.3. The van der Waals surface area contributed by atoms with E-state index in [1.54, 1.807) is 0 Å². The molecule has 0 bridgehead atoms. The van der Waals surface area contributed by atoms with E-state index >= 15 is 0 Å². The molecular weight excluding hydrogens is 228 g/mol. The molecule has 0 aromatic heterocycles. The van der Waals surface area contributed by atoms with Crippen molar-refractivity contribution in [3.63, 3.8) is 0 Å². The molecule has 16 heavy (non-hydrogen) atoms. The first-order chi connectivity index (χ1) is 7.69. The van der Waals surface area contributed by atoms with Crippen molar-refractivity contribution >= 4 is 11.8 Å². The third kappa shape index (κ3) is 3.10. The summed E-state index contributed by atoms with van der Waals surface area (Å²) in [7, 11) is 0. The van der Waals surface area contributed by atoms with Crippen LogP contribution in [0, 0.1) is 5.92 Å². The van der Waals surface area contributed by atoms with Gasteiger partial charge in [-0.25, -0.2) is 8.78 Å². The van der Waals surface area contributed by atoms with Crippen LogP contribution in [0.25, 0.3) is 0 Å². The van der Waals surface area contributed by atoms with Crippen LogP contribution in [0.5, 0.6) is 0 Å². The highest BCUT2D eigenvalue weighted by Gasteiger charge is 2.36. The minimum Gasteiger partial charge on any atom is -0.311 e. The van der Waals surface area contributed by atoms with Gasteiger partial charge in [0.05, 0.1) is 0 Å². The van der Waals surface area contributed by atoms with Gasteiger partial charge in [0.15, 0.2) is 0 Å². The van der Waals surface area contributed by atoms with Gasteiger partial charge >= 0.3 is 0 Å². The molecule has 0 spiro atoms. The van der Waals surface area contributed by atoms with Crippen molar-refractivity contribution in [1.82, 2.24) is 5.32 Å². The first-order valence-electron chi connectivity index (χ1n) is 6.26. The molecule has 0 saturated heterocycles. The SMILES string of the molecule is CS[C@H]1CCC[C@H](NC2CC(C(F)F)C2)C1. The zero-order valence-corrected chi connectivity index (χ0v) is 10.6. The maximum atomic E-state index is 12.3. The van der Waals surface area contributed by atoms with Crippen molar-refractivity contribution < 1.29 is 8.78 Å². The Kier molecular flexibility index (Phi) is 4.48. The van der Waals surface area contributed by atoms with E-state index in [4.69, 9.17) is 0 Å². The Morgan fingerprint density at radius 2 is 1.88 bits per heavy atom. The molecule has 1 nitrogen and oxygen atoms in total. The molecule has 2 saturated carbocycles. The molecule has 94 valence electrons. The van der Waals surface area contributed by atoms with Gasteiger partial charge in [-0.3, -0.25) is 0 Å². The number of rotatable bonds is 4. The minimum absolute atomic E-state index is 0.336. The van der Waals surface area contributed by atoms with E-state index in [2.05, 4.69) is 11.6 Å². The summed E-state index contributed by atoms with van der Waals surface area (Å²) in [4.78, 5) is 0. The number of alkyl halides is 2. The van der Waals surface area contributed by atoms with E-state index in [9.17, 15) is 8.78 Å². The number of hydrogen-bond acceptors (Lipinski definition) is 2. The Hall–Kier alpha value is 0.170. The lowest BCUT2D eigenvalue weighted by Crippen LogP contribution is -2.49. The van der Waals surface area contributed by atoms with E-state index in [0.717, 1.165) is 5.25 Å². The van der Waals surface area contributed by atoms with E-state index < -0.39 is 6.43 Å². The van der Waals surface area contributed by atoms with Gasteiger partial charge in [-0.2, -0.15) is 11.8 Å². The quantitative estimate of drug-likeness (QED) is 0.820. The van der Waals surface area contributed by atoms with Crippen LogP contribution in [0.3, 0.4) is 0 Å². The molecule has 0 amide bonds. The first-order valence-corrected chi connectivity index (χ1v) is 7.54. The summed E-state index contributed by atoms with van der Waals surface area (Å²) in [5.74, 6) is -0.336. The van der Waals surface area contributed by atoms with Crippen molar-refractivity contribution in [3.8, 4) is 0 Å². The predicted molar refractivity (Wildman–Crippen MR) is 65.2 cm³/mol. The third-order valence-electron chi connectivity index (χ3n) is 3.96. The highest BCUT2D eigenvalue weighted by molar-refractivity contribution is 7.99. The van der Waals surface area contributed by atoms with Crippen LogP contribution in [0.4, 0.5) is 8.78 Å². The summed E-state index contributed by atoms with van der Waals surface area (Å²) >= 11 is 1.95. The molecule has 0 aliphatic heterocycles. The van der Waals surface area contributed by atoms with Crippen LogP contribution in [0.1, 0.15) is 38.5 Å². The summed E-state index contributed by atoms with van der Waals surface area (Å²) in [6.07, 6.45) is 6.48. The number of hydrogen-bond donors (Lipinski definition) is 1. The predicted octanol–water partition coefficient (Wildman–Crippen LogP) is 3.29. The Balaban J connectivity index is 1.67. The second kappa shape index (κ2) is 5.67. The molecule has 1 N–H and O–H groups in total. The van der Waals surface area contributed by atoms with Gasteiger partial charge in [0.25, 0.3) is 0 Å². The molecule has 0 aromatic rings. The van der Waals surface area contributed by atoms with E-state index in [-0.39, 0.29) is 5.92 Å². The van der Waals surface area contributed by atoms with Crippen molar-refractivity contribution in [2.75, 3.05) is 6.26 Å². The second-order valence-corrected chi connectivity index (χ2v) is 6.29. The lowest BCUT2D eigenvalue weighted by Gasteiger charge is -2.40. The van der Waals surface area contributed by atoms with Gasteiger partial charge in [0, 0.05) is 23.3 Å². The Morgan fingerprint density at radius 1 is 1.12 bits per heavy atom. The third-order valence-corrected chi connectivity index (χ3v) is 5.06. The Labute approximate surface area is 101 Å². The number of nitrogens with one attached hydrogen (secondary N) is 1. The molecule has 4 heteroatoms. The van der Waals surface area contributed by atoms with E-state index in [1.807, 2.05) is 11.8 Å². The molecule has 0 heterocycles. The Bertz CT molecular complexity index is 219. The topological polar surface area (TPSA) is 12.0 Å². The van der Waals surface area contributed by atoms with Crippen LogP contribution in [0.2, 0.25) is 0 Å². The van der Waals surface area contributed by atoms with E-state index in [0.29, 0.717) is 24.9 Å². The van der Waals surface area contributed by atoms with Crippen molar-refractivity contribution in [2.45, 2.75) is 62.3 Å². The van der Waals surface area contributed by atoms with Crippen LogP contribution in [0.15, 0.2) is 0 Å². The average molecular weight is 249 g/mol. The molecule has 2 aliphatic rings. The van der Waals surface area contributed by atoms with Gasteiger partial charge in [0.1, 0.15) is 0 Å². The zero-order chi connectivity index (χ0) is 11.5. The standard InChI is InChI=1S/C12H21F2NS/c1-16-11-4-2-3-9(7-11)15-10-5-8(6-10)12(13)14/h8-12,15H,2-7H2,1H3/t8?,9-,10?,11-/m0/s1. The lowest BCUT2D eigenvalue weighted by molar-refractivity contribution is 0.0123. The molecule has 0 unspecified atom stereocenters. The normalized spacial score (nSPS) is 39.8. The monoisotopic (exact) mass is 249 g/mol. The fourth-order valence-electron chi connectivity index (χ4n) is 2.85. The molecule has 2 rings (SSSR count). The van der Waals surface area contributed by atoms with Crippen molar-refractivity contribution in [2.24, 2.45) is 5.92 Å². The molecule has 0 aromatic carbocycles. The zero-order valence-electron chi connectivity index (χ0n) is 9.79. The second-order valence-electron chi connectivity index (χ2n) is 5.15. The molecule has 2 aliphatic carbocycles. The Morgan fingerprint density at radius 3 is 2.50 bits per heavy atom. The van der Waals surface area contributed by atoms with Crippen LogP contribution >= 0.6 is 11.8 Å². The summed E-state index contributed by atoms with van der Waals surface area (Å²) in [6, 6.07) is 0.944. The fraction of sp³-hybridized carbons (Fsp3) is 1.00. The van der Waals surface area contributed by atoms with Gasteiger partial charge in [-0.15, -0.1) is 0 Å². The maximum Gasteiger partial charge on any atom is 0.241 e. The smallest absolute Gasteiger partial charge is 0.241 e. The highest BCUT2D eigenvalue weighted by atomic mass is 32.2. The van der Waals surface area contributed by atoms with Crippen LogP contribution < -0.4 is 5.32 Å². The summed E-state index contributed by atoms with van der Waals surface area (Å²) < 4.78 is 24.6. The molecule has 0 radical (unpaired) electrons. The largest absolute Gasteiger partial charge is 0.311 e. The highest BCUT2D eigenvalue weighted by Crippen LogP contribution is 2.34. The van der Waals surface area contributed by atoms with Gasteiger partial charge in [0.2, 0.25) is 6.43 Å². The summed E-state index contributed by atoms with van der Waals surface area (Å²) in [6.45, 7) is 0. The summed E-state index contributed by atoms with van der Waals surface area (Å²) in [5, 5.41) is 4.33. The van der Waals surface area contributed by atoms with E-state index in [1.165, 1.54) is 25.7 Å². The first kappa shape index (κ1) is 12.6. The van der Waals surface area contributed by atoms with Gasteiger partial charge < -0.3 is 5.32 Å². The summed E-state index contributed by atoms with van der Waals surface area (Å²) in [5.41, 5.74) is 0. The number of halogens is 2. The molecule has 2 fully saturated rings. The van der Waals surface area contributed by atoms with Crippen LogP contribution in [-0.2, 0) is 0 Å². The minimum atomic E-state index is -2.11. The number of thioether (sulfide) groups is 1. The van der Waals surface area contributed by atoms with Gasteiger partial charge in [-0.1, -0.05) is 6.42 Å². The van der Waals surface area contributed by atoms with Crippen molar-refractivity contribution in [3.05, 3.63) is 0 Å². The lowest BCUT2D eigenvalue weighted by atomic mass is 9.79. The van der Waals surface area contributed by atoms with Crippen molar-refractivity contribution in [1.29, 1.82) is 0 Å². The van der Waals surface area contributed by atoms with Crippen LogP contribution in [-0.4, -0.2) is 30.0 Å². The fourth-order valence-corrected chi connectivity index (χ4v) is 3.67. The molecular formula is C12H21F2NS. The molecule has 2 atom stereocenters. The van der Waals surface area contributed by atoms with Gasteiger partial charge in [-0.05, 0) is 38.4 Å². The average Bonchev–Trinajstić information content (AvgIpc) is 2.22.